The van der Waals surface area contributed by atoms with Crippen molar-refractivity contribution in [2.24, 2.45) is 0 Å². The van der Waals surface area contributed by atoms with Gasteiger partial charge in [0.05, 0.1) is 18.3 Å². The van der Waals surface area contributed by atoms with Crippen molar-refractivity contribution < 1.29 is 23.1 Å². The summed E-state index contributed by atoms with van der Waals surface area (Å²) in [4.78, 5) is 10.2. The molecule has 1 rings (SSSR count). The molecule has 0 amide bonds. The fraction of sp³-hybridized carbons (Fsp3) is 0.889. The third-order valence-electron chi connectivity index (χ3n) is 2.43. The van der Waals surface area contributed by atoms with E-state index >= 15 is 0 Å². The predicted molar refractivity (Wildman–Crippen MR) is 57.6 cm³/mol. The van der Waals surface area contributed by atoms with Crippen LogP contribution in [0.15, 0.2) is 0 Å². The molecular weight excluding hydrogens is 234 g/mol. The maximum atomic E-state index is 11.4. The standard InChI is InChI=1S/C9H17NO5S/c1-2-15-8-5-7(6-8)10-16(13,14)4-3-9(11)12/h7-8,10H,2-6H2,1H3,(H,11,12). The number of aliphatic carboxylic acids is 1. The van der Waals surface area contributed by atoms with Crippen molar-refractivity contribution in [1.29, 1.82) is 0 Å². The molecule has 6 nitrogen and oxygen atoms in total. The van der Waals surface area contributed by atoms with Crippen molar-refractivity contribution in [3.05, 3.63) is 0 Å². The van der Waals surface area contributed by atoms with Gasteiger partial charge in [-0.15, -0.1) is 0 Å². The first kappa shape index (κ1) is 13.4. The van der Waals surface area contributed by atoms with Gasteiger partial charge in [0.1, 0.15) is 0 Å². The van der Waals surface area contributed by atoms with Crippen molar-refractivity contribution in [2.75, 3.05) is 12.4 Å². The Morgan fingerprint density at radius 2 is 2.12 bits per heavy atom. The largest absolute Gasteiger partial charge is 0.481 e. The van der Waals surface area contributed by atoms with Gasteiger partial charge in [0.15, 0.2) is 0 Å². The Morgan fingerprint density at radius 1 is 1.50 bits per heavy atom. The molecule has 7 heteroatoms. The molecule has 0 aromatic rings. The Kier molecular flexibility index (Phi) is 4.69. The van der Waals surface area contributed by atoms with Gasteiger partial charge in [0, 0.05) is 12.6 Å². The SMILES string of the molecule is CCOC1CC(NS(=O)(=O)CCC(=O)O)C1. The van der Waals surface area contributed by atoms with E-state index in [1.54, 1.807) is 0 Å². The lowest BCUT2D eigenvalue weighted by molar-refractivity contribution is -0.136. The van der Waals surface area contributed by atoms with E-state index in [-0.39, 0.29) is 24.3 Å². The highest BCUT2D eigenvalue weighted by atomic mass is 32.2. The molecule has 16 heavy (non-hydrogen) atoms. The van der Waals surface area contributed by atoms with E-state index in [2.05, 4.69) is 4.72 Å². The Bertz CT molecular complexity index is 334. The molecule has 0 atom stereocenters. The number of carboxylic acid groups (broad SMARTS) is 1. The highest BCUT2D eigenvalue weighted by Crippen LogP contribution is 2.23. The molecule has 0 aromatic carbocycles. The summed E-state index contributed by atoms with van der Waals surface area (Å²) < 4.78 is 30.5. The first-order chi connectivity index (χ1) is 7.43. The Hall–Kier alpha value is -0.660. The third kappa shape index (κ3) is 4.46. The van der Waals surface area contributed by atoms with Crippen LogP contribution in [0.1, 0.15) is 26.2 Å². The van der Waals surface area contributed by atoms with Gasteiger partial charge in [-0.1, -0.05) is 0 Å². The van der Waals surface area contributed by atoms with E-state index in [1.165, 1.54) is 0 Å². The Labute approximate surface area is 95.0 Å². The van der Waals surface area contributed by atoms with Gasteiger partial charge in [-0.05, 0) is 19.8 Å². The number of carbonyl (C=O) groups is 1. The predicted octanol–water partition coefficient (Wildman–Crippen LogP) is -0.0520. The van der Waals surface area contributed by atoms with Crippen LogP contribution in [0.3, 0.4) is 0 Å². The van der Waals surface area contributed by atoms with E-state index in [0.717, 1.165) is 0 Å². The number of carboxylic acids is 1. The van der Waals surface area contributed by atoms with Gasteiger partial charge in [0.2, 0.25) is 10.0 Å². The number of sulfonamides is 1. The van der Waals surface area contributed by atoms with Gasteiger partial charge in [0.25, 0.3) is 0 Å². The van der Waals surface area contributed by atoms with Crippen LogP contribution in [0.5, 0.6) is 0 Å². The molecule has 0 radical (unpaired) electrons. The highest BCUT2D eigenvalue weighted by molar-refractivity contribution is 7.89. The van der Waals surface area contributed by atoms with Gasteiger partial charge in [-0.3, -0.25) is 4.79 Å². The molecule has 94 valence electrons. The molecule has 0 bridgehead atoms. The summed E-state index contributed by atoms with van der Waals surface area (Å²) in [5.41, 5.74) is 0. The van der Waals surface area contributed by atoms with Crippen LogP contribution in [0.25, 0.3) is 0 Å². The molecule has 0 spiro atoms. The van der Waals surface area contributed by atoms with Gasteiger partial charge in [-0.2, -0.15) is 0 Å². The minimum atomic E-state index is -3.46. The lowest BCUT2D eigenvalue weighted by atomic mass is 9.90. The first-order valence-electron chi connectivity index (χ1n) is 5.26. The zero-order valence-electron chi connectivity index (χ0n) is 9.18. The van der Waals surface area contributed by atoms with Gasteiger partial charge < -0.3 is 9.84 Å². The molecule has 2 N–H and O–H groups in total. The van der Waals surface area contributed by atoms with Crippen LogP contribution >= 0.6 is 0 Å². The monoisotopic (exact) mass is 251 g/mol. The molecule has 0 heterocycles. The van der Waals surface area contributed by atoms with Gasteiger partial charge in [-0.25, -0.2) is 13.1 Å². The van der Waals surface area contributed by atoms with Crippen molar-refractivity contribution in [3.8, 4) is 0 Å². The molecule has 1 aliphatic rings. The summed E-state index contributed by atoms with van der Waals surface area (Å²) >= 11 is 0. The summed E-state index contributed by atoms with van der Waals surface area (Å²) in [5.74, 6) is -1.47. The minimum Gasteiger partial charge on any atom is -0.481 e. The van der Waals surface area contributed by atoms with Crippen molar-refractivity contribution in [2.45, 2.75) is 38.3 Å². The molecule has 1 aliphatic carbocycles. The molecule has 1 fully saturated rings. The molecule has 0 saturated heterocycles. The minimum absolute atomic E-state index is 0.102. The molecule has 1 saturated carbocycles. The second kappa shape index (κ2) is 5.60. The maximum Gasteiger partial charge on any atom is 0.304 e. The van der Waals surface area contributed by atoms with Crippen LogP contribution in [-0.2, 0) is 19.6 Å². The Morgan fingerprint density at radius 3 is 2.62 bits per heavy atom. The Balaban J connectivity index is 2.25. The van der Waals surface area contributed by atoms with Crippen molar-refractivity contribution in [1.82, 2.24) is 4.72 Å². The van der Waals surface area contributed by atoms with Crippen molar-refractivity contribution in [3.63, 3.8) is 0 Å². The van der Waals surface area contributed by atoms with Crippen LogP contribution in [0.2, 0.25) is 0 Å². The van der Waals surface area contributed by atoms with E-state index < -0.39 is 16.0 Å². The second-order valence-corrected chi connectivity index (χ2v) is 5.70. The van der Waals surface area contributed by atoms with E-state index in [9.17, 15) is 13.2 Å². The average molecular weight is 251 g/mol. The summed E-state index contributed by atoms with van der Waals surface area (Å²) in [7, 11) is -3.46. The number of nitrogens with one attached hydrogen (secondary N) is 1. The number of ether oxygens (including phenoxy) is 1. The fourth-order valence-corrected chi connectivity index (χ4v) is 2.83. The molecule has 0 aromatic heterocycles. The molecular formula is C9H17NO5S. The maximum absolute atomic E-state index is 11.4. The highest BCUT2D eigenvalue weighted by Gasteiger charge is 2.32. The quantitative estimate of drug-likeness (QED) is 0.661. The fourth-order valence-electron chi connectivity index (χ4n) is 1.57. The number of hydrogen-bond donors (Lipinski definition) is 2. The van der Waals surface area contributed by atoms with Crippen LogP contribution in [0.4, 0.5) is 0 Å². The van der Waals surface area contributed by atoms with Crippen molar-refractivity contribution >= 4 is 16.0 Å². The zero-order chi connectivity index (χ0) is 12.2. The summed E-state index contributed by atoms with van der Waals surface area (Å²) in [6, 6.07) is -0.102. The smallest absolute Gasteiger partial charge is 0.304 e. The lowest BCUT2D eigenvalue weighted by Crippen LogP contribution is -2.48. The van der Waals surface area contributed by atoms with Gasteiger partial charge >= 0.3 is 5.97 Å². The lowest BCUT2D eigenvalue weighted by Gasteiger charge is -2.34. The topological polar surface area (TPSA) is 92.7 Å². The molecule has 0 unspecified atom stereocenters. The third-order valence-corrected chi connectivity index (χ3v) is 3.86. The second-order valence-electron chi connectivity index (χ2n) is 3.83. The van der Waals surface area contributed by atoms with E-state index in [0.29, 0.717) is 19.4 Å². The molecule has 0 aliphatic heterocycles. The first-order valence-corrected chi connectivity index (χ1v) is 6.91. The number of rotatable bonds is 7. The summed E-state index contributed by atoms with van der Waals surface area (Å²) in [5, 5.41) is 8.38. The normalized spacial score (nSPS) is 25.1. The number of hydrogen-bond acceptors (Lipinski definition) is 4. The summed E-state index contributed by atoms with van der Waals surface area (Å²) in [6.07, 6.45) is 1.11. The van der Waals surface area contributed by atoms with Crippen LogP contribution in [0, 0.1) is 0 Å². The van der Waals surface area contributed by atoms with E-state index in [4.69, 9.17) is 9.84 Å². The van der Waals surface area contributed by atoms with Crippen LogP contribution < -0.4 is 4.72 Å². The zero-order valence-corrected chi connectivity index (χ0v) is 10.00. The van der Waals surface area contributed by atoms with E-state index in [1.807, 2.05) is 6.92 Å². The average Bonchev–Trinajstić information content (AvgIpc) is 2.12. The summed E-state index contributed by atoms with van der Waals surface area (Å²) in [6.45, 7) is 2.52. The van der Waals surface area contributed by atoms with Crippen LogP contribution in [-0.4, -0.2) is 44.0 Å².